The summed E-state index contributed by atoms with van der Waals surface area (Å²) in [7, 11) is -2.76. The lowest BCUT2D eigenvalue weighted by molar-refractivity contribution is 0.398. The quantitative estimate of drug-likeness (QED) is 0.369. The van der Waals surface area contributed by atoms with E-state index in [4.69, 9.17) is 11.6 Å². The van der Waals surface area contributed by atoms with E-state index in [-0.39, 0.29) is 9.92 Å². The molecule has 3 nitrogen and oxygen atoms in total. The zero-order valence-corrected chi connectivity index (χ0v) is 14.4. The molecule has 0 aliphatic heterocycles. The van der Waals surface area contributed by atoms with Gasteiger partial charge in [-0.15, -0.1) is 0 Å². The summed E-state index contributed by atoms with van der Waals surface area (Å²) in [5.74, 6) is 0. The van der Waals surface area contributed by atoms with Crippen LogP contribution in [0, 0.1) is 0 Å². The maximum Gasteiger partial charge on any atom is 0.298 e. The first-order chi connectivity index (χ1) is 11.5. The van der Waals surface area contributed by atoms with Gasteiger partial charge >= 0.3 is 0 Å². The van der Waals surface area contributed by atoms with Crippen LogP contribution in [0.15, 0.2) is 65.6 Å². The van der Waals surface area contributed by atoms with Gasteiger partial charge in [-0.2, -0.15) is 8.42 Å². The van der Waals surface area contributed by atoms with E-state index >= 15 is 0 Å². The summed E-state index contributed by atoms with van der Waals surface area (Å²) in [5, 5.41) is 5.88. The largest absolute Gasteiger partial charge is 0.298 e. The molecule has 4 rings (SSSR count). The molecule has 0 heterocycles. The zero-order valence-electron chi connectivity index (χ0n) is 12.8. The van der Waals surface area contributed by atoms with Crippen molar-refractivity contribution in [1.29, 1.82) is 0 Å². The second-order valence-electron chi connectivity index (χ2n) is 5.54. The van der Waals surface area contributed by atoms with Gasteiger partial charge in [-0.25, -0.2) is 0 Å². The summed E-state index contributed by atoms with van der Waals surface area (Å²) in [5.41, 5.74) is 0. The number of benzene rings is 4. The molecule has 0 spiro atoms. The summed E-state index contributed by atoms with van der Waals surface area (Å²) in [4.78, 5) is 0.0132. The van der Waals surface area contributed by atoms with Crippen LogP contribution in [-0.4, -0.2) is 15.5 Å². The van der Waals surface area contributed by atoms with Crippen molar-refractivity contribution in [3.05, 3.63) is 65.7 Å². The third kappa shape index (κ3) is 2.18. The Hall–Kier alpha value is -2.14. The molecule has 4 aromatic rings. The van der Waals surface area contributed by atoms with Crippen LogP contribution in [0.1, 0.15) is 0 Å². The smallest absolute Gasteiger partial charge is 0.270 e. The average Bonchev–Trinajstić information content (AvgIpc) is 2.60. The Bertz CT molecular complexity index is 1210. The second-order valence-corrected chi connectivity index (χ2v) is 7.60. The second kappa shape index (κ2) is 5.45. The summed E-state index contributed by atoms with van der Waals surface area (Å²) in [6.45, 7) is 0. The van der Waals surface area contributed by atoms with Crippen LogP contribution in [0.25, 0.3) is 32.3 Å². The van der Waals surface area contributed by atoms with Gasteiger partial charge in [0, 0.05) is 5.39 Å². The number of rotatable bonds is 2. The van der Waals surface area contributed by atoms with Crippen LogP contribution < -0.4 is 0 Å². The SMILES string of the molecule is COS(=O)(=O)c1c(Cl)ccc2c1ccc1c3ccccc3ccc21. The minimum atomic E-state index is -3.90. The lowest BCUT2D eigenvalue weighted by Crippen LogP contribution is -2.04. The molecule has 0 saturated carbocycles. The van der Waals surface area contributed by atoms with Crippen LogP contribution in [0.5, 0.6) is 0 Å². The molecule has 0 atom stereocenters. The first-order valence-corrected chi connectivity index (χ1v) is 9.15. The summed E-state index contributed by atoms with van der Waals surface area (Å²) in [6, 6.07) is 19.3. The number of hydrogen-bond donors (Lipinski definition) is 0. The van der Waals surface area contributed by atoms with Crippen LogP contribution in [0.2, 0.25) is 5.02 Å². The van der Waals surface area contributed by atoms with Gasteiger partial charge in [-0.1, -0.05) is 66.2 Å². The topological polar surface area (TPSA) is 43.4 Å². The molecule has 120 valence electrons. The van der Waals surface area contributed by atoms with Gasteiger partial charge in [0.2, 0.25) is 0 Å². The lowest BCUT2D eigenvalue weighted by Gasteiger charge is -2.12. The number of hydrogen-bond acceptors (Lipinski definition) is 3. The molecule has 5 heteroatoms. The highest BCUT2D eigenvalue weighted by molar-refractivity contribution is 7.87. The van der Waals surface area contributed by atoms with Crippen LogP contribution in [0.3, 0.4) is 0 Å². The zero-order chi connectivity index (χ0) is 16.9. The van der Waals surface area contributed by atoms with Crippen LogP contribution >= 0.6 is 11.6 Å². The average molecular weight is 357 g/mol. The summed E-state index contributed by atoms with van der Waals surface area (Å²) >= 11 is 6.15. The Balaban J connectivity index is 2.21. The highest BCUT2D eigenvalue weighted by Gasteiger charge is 2.21. The monoisotopic (exact) mass is 356 g/mol. The Labute approximate surface area is 144 Å². The fourth-order valence-electron chi connectivity index (χ4n) is 3.19. The molecule has 0 radical (unpaired) electrons. The van der Waals surface area contributed by atoms with Crippen molar-refractivity contribution < 1.29 is 12.6 Å². The molecular formula is C19H13ClO3S. The van der Waals surface area contributed by atoms with Gasteiger partial charge in [0.05, 0.1) is 12.1 Å². The summed E-state index contributed by atoms with van der Waals surface area (Å²) in [6.07, 6.45) is 0. The number of halogens is 1. The van der Waals surface area contributed by atoms with E-state index in [0.29, 0.717) is 5.39 Å². The third-order valence-corrected chi connectivity index (χ3v) is 6.10. The molecule has 4 aromatic carbocycles. The Morgan fingerprint density at radius 1 is 0.750 bits per heavy atom. The normalized spacial score (nSPS) is 12.2. The Morgan fingerprint density at radius 2 is 1.33 bits per heavy atom. The van der Waals surface area contributed by atoms with Crippen molar-refractivity contribution in [1.82, 2.24) is 0 Å². The molecule has 0 amide bonds. The molecular weight excluding hydrogens is 344 g/mol. The maximum absolute atomic E-state index is 12.3. The van der Waals surface area contributed by atoms with Gasteiger partial charge in [-0.3, -0.25) is 4.18 Å². The van der Waals surface area contributed by atoms with E-state index in [1.807, 2.05) is 36.4 Å². The van der Waals surface area contributed by atoms with Gasteiger partial charge in [0.1, 0.15) is 4.90 Å². The van der Waals surface area contributed by atoms with Crippen molar-refractivity contribution in [2.24, 2.45) is 0 Å². The minimum Gasteiger partial charge on any atom is -0.270 e. The minimum absolute atomic E-state index is 0.0132. The molecule has 0 saturated heterocycles. The highest BCUT2D eigenvalue weighted by Crippen LogP contribution is 2.37. The summed E-state index contributed by atoms with van der Waals surface area (Å²) < 4.78 is 29.2. The maximum atomic E-state index is 12.3. The number of fused-ring (bicyclic) bond motifs is 5. The fraction of sp³-hybridized carbons (Fsp3) is 0.0526. The molecule has 24 heavy (non-hydrogen) atoms. The predicted molar refractivity (Wildman–Crippen MR) is 98.2 cm³/mol. The molecule has 0 bridgehead atoms. The first-order valence-electron chi connectivity index (χ1n) is 7.36. The van der Waals surface area contributed by atoms with Gasteiger partial charge in [0.15, 0.2) is 0 Å². The van der Waals surface area contributed by atoms with Crippen molar-refractivity contribution in [3.63, 3.8) is 0 Å². The van der Waals surface area contributed by atoms with Crippen LogP contribution in [-0.2, 0) is 14.3 Å². The van der Waals surface area contributed by atoms with Gasteiger partial charge in [-0.05, 0) is 33.0 Å². The van der Waals surface area contributed by atoms with E-state index in [9.17, 15) is 8.42 Å². The molecule has 0 aliphatic carbocycles. The fourth-order valence-corrected chi connectivity index (χ4v) is 4.56. The van der Waals surface area contributed by atoms with Gasteiger partial charge in [0.25, 0.3) is 10.1 Å². The molecule has 0 fully saturated rings. The van der Waals surface area contributed by atoms with E-state index in [2.05, 4.69) is 16.3 Å². The predicted octanol–water partition coefficient (Wildman–Crippen LogP) is 5.13. The molecule has 0 aromatic heterocycles. The first kappa shape index (κ1) is 15.4. The van der Waals surface area contributed by atoms with Gasteiger partial charge < -0.3 is 0 Å². The van der Waals surface area contributed by atoms with E-state index < -0.39 is 10.1 Å². The molecule has 0 unspecified atom stereocenters. The standard InChI is InChI=1S/C19H13ClO3S/c1-23-24(21,22)19-17-9-8-14-13-5-3-2-4-12(13)6-7-15(14)16(17)10-11-18(19)20/h2-11H,1H3. The highest BCUT2D eigenvalue weighted by atomic mass is 35.5. The van der Waals surface area contributed by atoms with Crippen LogP contribution in [0.4, 0.5) is 0 Å². The van der Waals surface area contributed by atoms with Crippen molar-refractivity contribution in [2.75, 3.05) is 7.11 Å². The lowest BCUT2D eigenvalue weighted by atomic mass is 9.97. The van der Waals surface area contributed by atoms with Crippen molar-refractivity contribution in [2.45, 2.75) is 4.90 Å². The Kier molecular flexibility index (Phi) is 3.49. The van der Waals surface area contributed by atoms with Crippen molar-refractivity contribution in [3.8, 4) is 0 Å². The van der Waals surface area contributed by atoms with E-state index in [0.717, 1.165) is 34.0 Å². The van der Waals surface area contributed by atoms with E-state index in [1.54, 1.807) is 12.1 Å². The van der Waals surface area contributed by atoms with E-state index in [1.165, 1.54) is 0 Å². The van der Waals surface area contributed by atoms with Crippen molar-refractivity contribution >= 4 is 54.0 Å². The third-order valence-electron chi connectivity index (χ3n) is 4.29. The molecule has 0 aliphatic rings. The molecule has 0 N–H and O–H groups in total. The Morgan fingerprint density at radius 3 is 2.12 bits per heavy atom.